The van der Waals surface area contributed by atoms with Crippen LogP contribution in [0, 0.1) is 6.92 Å². The van der Waals surface area contributed by atoms with E-state index < -0.39 is 0 Å². The summed E-state index contributed by atoms with van der Waals surface area (Å²) in [5.41, 5.74) is 2.31. The number of hydrogen-bond donors (Lipinski definition) is 1. The molecule has 5 heteroatoms. The molecule has 4 nitrogen and oxygen atoms in total. The molecule has 0 amide bonds. The number of nitrogens with zero attached hydrogens (tertiary/aromatic N) is 1. The minimum absolute atomic E-state index is 0.131. The van der Waals surface area contributed by atoms with Gasteiger partial charge in [0.15, 0.2) is 5.16 Å². The Morgan fingerprint density at radius 1 is 1.35 bits per heavy atom. The molecule has 0 aliphatic rings. The van der Waals surface area contributed by atoms with Crippen LogP contribution in [0.2, 0.25) is 0 Å². The minimum atomic E-state index is -0.131. The Kier molecular flexibility index (Phi) is 4.74. The van der Waals surface area contributed by atoms with Crippen LogP contribution < -0.4 is 5.56 Å². The number of carbonyl (C=O) groups is 1. The number of carbonyl (C=O) groups excluding carboxylic acids is 1. The number of aromatic nitrogens is 2. The zero-order chi connectivity index (χ0) is 14.5. The van der Waals surface area contributed by atoms with E-state index in [2.05, 4.69) is 16.9 Å². The molecule has 0 aliphatic heterocycles. The van der Waals surface area contributed by atoms with Crippen LogP contribution in [0.1, 0.15) is 35.0 Å². The first-order valence-electron chi connectivity index (χ1n) is 6.46. The number of aromatic amines is 1. The summed E-state index contributed by atoms with van der Waals surface area (Å²) >= 11 is 1.40. The fourth-order valence-corrected chi connectivity index (χ4v) is 2.76. The molecule has 0 saturated carbocycles. The van der Waals surface area contributed by atoms with Crippen LogP contribution in [0.4, 0.5) is 0 Å². The summed E-state index contributed by atoms with van der Waals surface area (Å²) in [6.45, 7) is 3.99. The third-order valence-corrected chi connectivity index (χ3v) is 3.89. The van der Waals surface area contributed by atoms with Crippen LogP contribution in [-0.2, 0) is 6.42 Å². The molecule has 0 bridgehead atoms. The normalized spacial score (nSPS) is 10.5. The average Bonchev–Trinajstić information content (AvgIpc) is 2.41. The number of benzene rings is 1. The van der Waals surface area contributed by atoms with E-state index in [-0.39, 0.29) is 5.56 Å². The van der Waals surface area contributed by atoms with Crippen molar-refractivity contribution < 1.29 is 4.79 Å². The van der Waals surface area contributed by atoms with E-state index >= 15 is 0 Å². The van der Waals surface area contributed by atoms with Crippen molar-refractivity contribution in [3.05, 3.63) is 51.4 Å². The van der Waals surface area contributed by atoms with Crippen molar-refractivity contribution in [3.8, 4) is 0 Å². The first kappa shape index (κ1) is 14.5. The van der Waals surface area contributed by atoms with Gasteiger partial charge in [0.25, 0.3) is 5.56 Å². The molecule has 104 valence electrons. The first-order chi connectivity index (χ1) is 9.62. The lowest BCUT2D eigenvalue weighted by atomic mass is 10.2. The van der Waals surface area contributed by atoms with Gasteiger partial charge in [0, 0.05) is 22.2 Å². The maximum Gasteiger partial charge on any atom is 0.251 e. The molecule has 1 N–H and O–H groups in total. The lowest BCUT2D eigenvalue weighted by Gasteiger charge is -2.06. The molecular formula is C15H16N2O2S. The van der Waals surface area contributed by atoms with Crippen molar-refractivity contribution in [2.24, 2.45) is 0 Å². The molecule has 0 radical (unpaired) electrons. The molecule has 0 spiro atoms. The molecule has 0 unspecified atom stereocenters. The van der Waals surface area contributed by atoms with Gasteiger partial charge in [-0.15, -0.1) is 0 Å². The highest BCUT2D eigenvalue weighted by atomic mass is 32.2. The highest BCUT2D eigenvalue weighted by molar-refractivity contribution is 7.99. The summed E-state index contributed by atoms with van der Waals surface area (Å²) in [4.78, 5) is 30.5. The van der Waals surface area contributed by atoms with E-state index in [1.165, 1.54) is 17.8 Å². The summed E-state index contributed by atoms with van der Waals surface area (Å²) < 4.78 is 0. The highest BCUT2D eigenvalue weighted by Gasteiger charge is 2.06. The molecule has 0 aliphatic carbocycles. The number of nitrogens with one attached hydrogen (secondary N) is 1. The molecule has 2 rings (SSSR count). The Hall–Kier alpha value is -1.88. The third kappa shape index (κ3) is 3.57. The lowest BCUT2D eigenvalue weighted by molar-refractivity contribution is 0.112. The van der Waals surface area contributed by atoms with Crippen LogP contribution >= 0.6 is 11.8 Å². The first-order valence-corrected chi connectivity index (χ1v) is 7.28. The van der Waals surface area contributed by atoms with E-state index in [9.17, 15) is 9.59 Å². The van der Waals surface area contributed by atoms with E-state index in [0.29, 0.717) is 10.7 Å². The Bertz CT molecular complexity index is 680. The standard InChI is InChI=1S/C15H16N2O2S/c1-3-4-12-8-14(19)17-15(16-12)20-13-6-5-11(9-18)7-10(13)2/h5-9H,3-4H2,1-2H3,(H,16,17,19). The second kappa shape index (κ2) is 6.52. The van der Waals surface area contributed by atoms with Crippen molar-refractivity contribution in [1.29, 1.82) is 0 Å². The molecule has 0 saturated heterocycles. The molecular weight excluding hydrogens is 272 g/mol. The summed E-state index contributed by atoms with van der Waals surface area (Å²) in [5.74, 6) is 0. The summed E-state index contributed by atoms with van der Waals surface area (Å²) in [6, 6.07) is 6.99. The summed E-state index contributed by atoms with van der Waals surface area (Å²) in [6.07, 6.45) is 2.57. The Morgan fingerprint density at radius 2 is 2.15 bits per heavy atom. The molecule has 0 fully saturated rings. The van der Waals surface area contributed by atoms with Crippen LogP contribution in [-0.4, -0.2) is 16.3 Å². The number of rotatable bonds is 5. The minimum Gasteiger partial charge on any atom is -0.301 e. The smallest absolute Gasteiger partial charge is 0.251 e. The van der Waals surface area contributed by atoms with Crippen molar-refractivity contribution >= 4 is 18.0 Å². The summed E-state index contributed by atoms with van der Waals surface area (Å²) in [5, 5.41) is 0.586. The number of H-pyrrole nitrogens is 1. The van der Waals surface area contributed by atoms with Gasteiger partial charge in [-0.3, -0.25) is 9.59 Å². The van der Waals surface area contributed by atoms with Crippen molar-refractivity contribution in [2.45, 2.75) is 36.7 Å². The predicted octanol–water partition coefficient (Wildman–Crippen LogP) is 2.99. The Labute approximate surface area is 121 Å². The van der Waals surface area contributed by atoms with Crippen molar-refractivity contribution in [3.63, 3.8) is 0 Å². The number of aryl methyl sites for hydroxylation is 2. The fraction of sp³-hybridized carbons (Fsp3) is 0.267. The van der Waals surface area contributed by atoms with E-state index in [1.807, 2.05) is 19.1 Å². The molecule has 0 atom stereocenters. The number of aldehydes is 1. The Morgan fingerprint density at radius 3 is 2.80 bits per heavy atom. The maximum atomic E-state index is 11.6. The average molecular weight is 288 g/mol. The lowest BCUT2D eigenvalue weighted by Crippen LogP contribution is -2.09. The van der Waals surface area contributed by atoms with Crippen LogP contribution in [0.5, 0.6) is 0 Å². The largest absolute Gasteiger partial charge is 0.301 e. The fourth-order valence-electron chi connectivity index (χ4n) is 1.88. The molecule has 20 heavy (non-hydrogen) atoms. The van der Waals surface area contributed by atoms with Gasteiger partial charge < -0.3 is 4.98 Å². The second-order valence-corrected chi connectivity index (χ2v) is 5.57. The SMILES string of the molecule is CCCc1cc(=O)[nH]c(Sc2ccc(C=O)cc2C)n1. The van der Waals surface area contributed by atoms with Crippen LogP contribution in [0.15, 0.2) is 39.1 Å². The zero-order valence-electron chi connectivity index (χ0n) is 11.5. The van der Waals surface area contributed by atoms with Crippen molar-refractivity contribution in [1.82, 2.24) is 9.97 Å². The molecule has 1 aromatic heterocycles. The quantitative estimate of drug-likeness (QED) is 0.678. The molecule has 1 aromatic carbocycles. The topological polar surface area (TPSA) is 62.8 Å². The maximum absolute atomic E-state index is 11.6. The van der Waals surface area contributed by atoms with Gasteiger partial charge in [-0.05, 0) is 31.0 Å². The monoisotopic (exact) mass is 288 g/mol. The van der Waals surface area contributed by atoms with Gasteiger partial charge in [0.1, 0.15) is 6.29 Å². The van der Waals surface area contributed by atoms with Gasteiger partial charge in [0.05, 0.1) is 0 Å². The van der Waals surface area contributed by atoms with Gasteiger partial charge in [0.2, 0.25) is 0 Å². The zero-order valence-corrected chi connectivity index (χ0v) is 12.3. The highest BCUT2D eigenvalue weighted by Crippen LogP contribution is 2.27. The number of hydrogen-bond acceptors (Lipinski definition) is 4. The van der Waals surface area contributed by atoms with Crippen LogP contribution in [0.3, 0.4) is 0 Å². The van der Waals surface area contributed by atoms with Gasteiger partial charge in [-0.2, -0.15) is 0 Å². The van der Waals surface area contributed by atoms with E-state index in [0.717, 1.165) is 35.3 Å². The van der Waals surface area contributed by atoms with Gasteiger partial charge in [-0.1, -0.05) is 31.2 Å². The van der Waals surface area contributed by atoms with Crippen molar-refractivity contribution in [2.75, 3.05) is 0 Å². The van der Waals surface area contributed by atoms with E-state index in [4.69, 9.17) is 0 Å². The van der Waals surface area contributed by atoms with Crippen LogP contribution in [0.25, 0.3) is 0 Å². The van der Waals surface area contributed by atoms with Gasteiger partial charge in [-0.25, -0.2) is 4.98 Å². The molecule has 1 heterocycles. The third-order valence-electron chi connectivity index (χ3n) is 2.82. The predicted molar refractivity (Wildman–Crippen MR) is 79.5 cm³/mol. The van der Waals surface area contributed by atoms with Gasteiger partial charge >= 0.3 is 0 Å². The van der Waals surface area contributed by atoms with E-state index in [1.54, 1.807) is 6.07 Å². The summed E-state index contributed by atoms with van der Waals surface area (Å²) in [7, 11) is 0. The Balaban J connectivity index is 2.29. The molecule has 2 aromatic rings. The second-order valence-electron chi connectivity index (χ2n) is 4.54.